The van der Waals surface area contributed by atoms with Crippen molar-refractivity contribution >= 4 is 11.8 Å². The van der Waals surface area contributed by atoms with E-state index in [1.807, 2.05) is 9.80 Å². The monoisotopic (exact) mass is 293 g/mol. The van der Waals surface area contributed by atoms with Gasteiger partial charge in [-0.05, 0) is 45.2 Å². The molecule has 2 saturated heterocycles. The molecule has 2 aliphatic heterocycles. The van der Waals surface area contributed by atoms with Gasteiger partial charge in [-0.3, -0.25) is 9.59 Å². The summed E-state index contributed by atoms with van der Waals surface area (Å²) in [6, 6.07) is 0. The van der Waals surface area contributed by atoms with Gasteiger partial charge in [0.2, 0.25) is 11.8 Å². The van der Waals surface area contributed by atoms with Gasteiger partial charge in [0, 0.05) is 32.1 Å². The largest absolute Gasteiger partial charge is 0.339 e. The smallest absolute Gasteiger partial charge is 0.228 e. The van der Waals surface area contributed by atoms with Gasteiger partial charge in [0.05, 0.1) is 5.41 Å². The van der Waals surface area contributed by atoms with Gasteiger partial charge < -0.3 is 15.1 Å². The zero-order valence-electron chi connectivity index (χ0n) is 13.1. The predicted octanol–water partition coefficient (Wildman–Crippen LogP) is 0.847. The van der Waals surface area contributed by atoms with Crippen LogP contribution in [0.1, 0.15) is 39.0 Å². The molecular weight excluding hydrogens is 266 g/mol. The maximum Gasteiger partial charge on any atom is 0.228 e. The van der Waals surface area contributed by atoms with E-state index in [0.29, 0.717) is 30.8 Å². The summed E-state index contributed by atoms with van der Waals surface area (Å²) >= 11 is 0. The SMILES string of the molecule is CCC1(C(=O)N2CCN(C(=O)C3CC3)CC2)CCNCC1. The highest BCUT2D eigenvalue weighted by molar-refractivity contribution is 5.84. The Morgan fingerprint density at radius 2 is 1.62 bits per heavy atom. The molecule has 1 N–H and O–H groups in total. The second-order valence-corrected chi connectivity index (χ2v) is 6.78. The van der Waals surface area contributed by atoms with E-state index in [2.05, 4.69) is 12.2 Å². The van der Waals surface area contributed by atoms with Crippen LogP contribution in [0.15, 0.2) is 0 Å². The fourth-order valence-corrected chi connectivity index (χ4v) is 3.68. The number of carbonyl (C=O) groups is 2. The molecule has 118 valence electrons. The molecule has 0 radical (unpaired) electrons. The van der Waals surface area contributed by atoms with Gasteiger partial charge in [0.25, 0.3) is 0 Å². The van der Waals surface area contributed by atoms with Crippen molar-refractivity contribution in [3.8, 4) is 0 Å². The lowest BCUT2D eigenvalue weighted by Crippen LogP contribution is -2.56. The first kappa shape index (κ1) is 14.8. The van der Waals surface area contributed by atoms with E-state index in [9.17, 15) is 9.59 Å². The van der Waals surface area contributed by atoms with E-state index >= 15 is 0 Å². The Hall–Kier alpha value is -1.10. The molecule has 0 aromatic rings. The van der Waals surface area contributed by atoms with Gasteiger partial charge >= 0.3 is 0 Å². The topological polar surface area (TPSA) is 52.7 Å². The number of rotatable bonds is 3. The summed E-state index contributed by atoms with van der Waals surface area (Å²) in [5.41, 5.74) is -0.159. The molecule has 0 aromatic heterocycles. The van der Waals surface area contributed by atoms with Crippen LogP contribution in [-0.2, 0) is 9.59 Å². The zero-order valence-corrected chi connectivity index (χ0v) is 13.1. The fourth-order valence-electron chi connectivity index (χ4n) is 3.68. The van der Waals surface area contributed by atoms with E-state index in [1.54, 1.807) is 0 Å². The maximum absolute atomic E-state index is 12.9. The van der Waals surface area contributed by atoms with Crippen LogP contribution in [0.2, 0.25) is 0 Å². The van der Waals surface area contributed by atoms with Crippen molar-refractivity contribution in [3.05, 3.63) is 0 Å². The lowest BCUT2D eigenvalue weighted by molar-refractivity contribution is -0.149. The van der Waals surface area contributed by atoms with Gasteiger partial charge in [-0.2, -0.15) is 0 Å². The van der Waals surface area contributed by atoms with E-state index in [4.69, 9.17) is 0 Å². The van der Waals surface area contributed by atoms with Crippen molar-refractivity contribution in [2.75, 3.05) is 39.3 Å². The Kier molecular flexibility index (Phi) is 4.20. The fraction of sp³-hybridized carbons (Fsp3) is 0.875. The summed E-state index contributed by atoms with van der Waals surface area (Å²) in [6.45, 7) is 6.90. The normalized spacial score (nSPS) is 25.8. The third-order valence-corrected chi connectivity index (χ3v) is 5.50. The minimum atomic E-state index is -0.159. The Morgan fingerprint density at radius 1 is 1.05 bits per heavy atom. The molecule has 2 amide bonds. The van der Waals surface area contributed by atoms with Crippen molar-refractivity contribution in [2.45, 2.75) is 39.0 Å². The molecule has 5 heteroatoms. The molecule has 2 heterocycles. The van der Waals surface area contributed by atoms with Gasteiger partial charge in [-0.25, -0.2) is 0 Å². The average Bonchev–Trinajstić information content (AvgIpc) is 3.39. The number of piperazine rings is 1. The zero-order chi connectivity index (χ0) is 14.9. The molecule has 0 aromatic carbocycles. The first-order valence-electron chi connectivity index (χ1n) is 8.45. The molecule has 3 fully saturated rings. The van der Waals surface area contributed by atoms with E-state index in [0.717, 1.165) is 58.3 Å². The first-order valence-corrected chi connectivity index (χ1v) is 8.45. The van der Waals surface area contributed by atoms with Crippen LogP contribution in [0.25, 0.3) is 0 Å². The minimum Gasteiger partial charge on any atom is -0.339 e. The van der Waals surface area contributed by atoms with Gasteiger partial charge in [0.1, 0.15) is 0 Å². The third kappa shape index (κ3) is 2.93. The summed E-state index contributed by atoms with van der Waals surface area (Å²) in [5, 5.41) is 3.35. The number of piperidine rings is 1. The number of nitrogens with one attached hydrogen (secondary N) is 1. The van der Waals surface area contributed by atoms with Crippen LogP contribution in [0.5, 0.6) is 0 Å². The van der Waals surface area contributed by atoms with Crippen molar-refractivity contribution in [2.24, 2.45) is 11.3 Å². The molecule has 0 spiro atoms. The number of hydrogen-bond donors (Lipinski definition) is 1. The highest BCUT2D eigenvalue weighted by Crippen LogP contribution is 2.35. The molecule has 21 heavy (non-hydrogen) atoms. The van der Waals surface area contributed by atoms with Gasteiger partial charge in [0.15, 0.2) is 0 Å². The number of hydrogen-bond acceptors (Lipinski definition) is 3. The van der Waals surface area contributed by atoms with Crippen LogP contribution in [0, 0.1) is 11.3 Å². The van der Waals surface area contributed by atoms with Gasteiger partial charge in [-0.15, -0.1) is 0 Å². The molecule has 1 saturated carbocycles. The molecule has 5 nitrogen and oxygen atoms in total. The predicted molar refractivity (Wildman–Crippen MR) is 80.7 cm³/mol. The minimum absolute atomic E-state index is 0.159. The molecule has 3 rings (SSSR count). The van der Waals surface area contributed by atoms with Crippen molar-refractivity contribution in [1.82, 2.24) is 15.1 Å². The third-order valence-electron chi connectivity index (χ3n) is 5.50. The summed E-state index contributed by atoms with van der Waals surface area (Å²) in [6.07, 6.45) is 4.94. The second-order valence-electron chi connectivity index (χ2n) is 6.78. The Morgan fingerprint density at radius 3 is 2.14 bits per heavy atom. The Labute approximate surface area is 127 Å². The van der Waals surface area contributed by atoms with E-state index < -0.39 is 0 Å². The van der Waals surface area contributed by atoms with Crippen molar-refractivity contribution in [1.29, 1.82) is 0 Å². The lowest BCUT2D eigenvalue weighted by atomic mass is 9.75. The summed E-state index contributed by atoms with van der Waals surface area (Å²) < 4.78 is 0. The number of amides is 2. The Balaban J connectivity index is 1.57. The lowest BCUT2D eigenvalue weighted by Gasteiger charge is -2.42. The summed E-state index contributed by atoms with van der Waals surface area (Å²) in [5.74, 6) is 0.929. The van der Waals surface area contributed by atoms with Crippen LogP contribution in [0.4, 0.5) is 0 Å². The van der Waals surface area contributed by atoms with Crippen molar-refractivity contribution < 1.29 is 9.59 Å². The molecule has 3 aliphatic rings. The molecule has 1 aliphatic carbocycles. The maximum atomic E-state index is 12.9. The van der Waals surface area contributed by atoms with Crippen molar-refractivity contribution in [3.63, 3.8) is 0 Å². The molecule has 0 unspecified atom stereocenters. The summed E-state index contributed by atoms with van der Waals surface area (Å²) in [4.78, 5) is 29.0. The first-order chi connectivity index (χ1) is 10.2. The standard InChI is InChI=1S/C16H27N3O2/c1-2-16(5-7-17-8-6-16)15(21)19-11-9-18(10-12-19)14(20)13-3-4-13/h13,17H,2-12H2,1H3. The van der Waals surface area contributed by atoms with Crippen LogP contribution < -0.4 is 5.32 Å². The summed E-state index contributed by atoms with van der Waals surface area (Å²) in [7, 11) is 0. The van der Waals surface area contributed by atoms with Crippen LogP contribution in [0.3, 0.4) is 0 Å². The Bertz CT molecular complexity index is 406. The van der Waals surface area contributed by atoms with E-state index in [1.165, 1.54) is 0 Å². The molecule has 0 atom stereocenters. The highest BCUT2D eigenvalue weighted by Gasteiger charge is 2.42. The van der Waals surface area contributed by atoms with Gasteiger partial charge in [-0.1, -0.05) is 6.92 Å². The average molecular weight is 293 g/mol. The number of carbonyl (C=O) groups excluding carboxylic acids is 2. The molecular formula is C16H27N3O2. The molecule has 0 bridgehead atoms. The van der Waals surface area contributed by atoms with E-state index in [-0.39, 0.29) is 5.41 Å². The second kappa shape index (κ2) is 5.95. The highest BCUT2D eigenvalue weighted by atomic mass is 16.2. The number of nitrogens with zero attached hydrogens (tertiary/aromatic N) is 2. The van der Waals surface area contributed by atoms with Crippen LogP contribution >= 0.6 is 0 Å². The van der Waals surface area contributed by atoms with Crippen LogP contribution in [-0.4, -0.2) is 60.9 Å². The quantitative estimate of drug-likeness (QED) is 0.839.